The molecule has 0 atom stereocenters. The highest BCUT2D eigenvalue weighted by Crippen LogP contribution is 2.09. The van der Waals surface area contributed by atoms with Crippen LogP contribution >= 0.6 is 0 Å². The van der Waals surface area contributed by atoms with E-state index in [1.165, 1.54) is 0 Å². The molecule has 0 fully saturated rings. The number of amides is 2. The van der Waals surface area contributed by atoms with Gasteiger partial charge in [0.25, 0.3) is 11.8 Å². The summed E-state index contributed by atoms with van der Waals surface area (Å²) < 4.78 is 0. The Morgan fingerprint density at radius 1 is 1.00 bits per heavy atom. The summed E-state index contributed by atoms with van der Waals surface area (Å²) in [4.78, 5) is 32.7. The molecule has 0 bridgehead atoms. The number of hydrogen-bond donors (Lipinski definition) is 1. The summed E-state index contributed by atoms with van der Waals surface area (Å²) in [7, 11) is 5.78. The Bertz CT molecular complexity index is 747. The molecule has 144 valence electrons. The molecule has 1 aromatic heterocycles. The van der Waals surface area contributed by atoms with Crippen molar-refractivity contribution in [2.45, 2.75) is 12.8 Å². The lowest BCUT2D eigenvalue weighted by Gasteiger charge is -2.17. The third-order valence-corrected chi connectivity index (χ3v) is 4.27. The van der Waals surface area contributed by atoms with E-state index < -0.39 is 0 Å². The van der Waals surface area contributed by atoms with Gasteiger partial charge in [0.1, 0.15) is 0 Å². The first kappa shape index (κ1) is 20.6. The molecule has 6 nitrogen and oxygen atoms in total. The quantitative estimate of drug-likeness (QED) is 0.688. The van der Waals surface area contributed by atoms with Crippen LogP contribution in [0, 0.1) is 0 Å². The predicted octanol–water partition coefficient (Wildman–Crippen LogP) is 2.08. The Morgan fingerprint density at radius 3 is 2.41 bits per heavy atom. The molecular weight excluding hydrogens is 340 g/mol. The average Bonchev–Trinajstić information content (AvgIpc) is 2.69. The normalized spacial score (nSPS) is 10.7. The Balaban J connectivity index is 1.90. The van der Waals surface area contributed by atoms with E-state index in [4.69, 9.17) is 0 Å². The van der Waals surface area contributed by atoms with Gasteiger partial charge in [-0.05, 0) is 69.4 Å². The van der Waals surface area contributed by atoms with E-state index >= 15 is 0 Å². The number of nitrogens with one attached hydrogen (secondary N) is 1. The van der Waals surface area contributed by atoms with Crippen LogP contribution in [0.15, 0.2) is 48.8 Å². The lowest BCUT2D eigenvalue weighted by molar-refractivity contribution is 0.0796. The maximum atomic E-state index is 12.7. The molecule has 0 saturated heterocycles. The van der Waals surface area contributed by atoms with Crippen LogP contribution in [0.5, 0.6) is 0 Å². The zero-order valence-electron chi connectivity index (χ0n) is 16.3. The van der Waals surface area contributed by atoms with Crippen LogP contribution in [0.2, 0.25) is 0 Å². The molecule has 0 aliphatic carbocycles. The number of benzene rings is 1. The van der Waals surface area contributed by atoms with Gasteiger partial charge in [0.15, 0.2) is 0 Å². The van der Waals surface area contributed by atoms with Gasteiger partial charge in [-0.15, -0.1) is 0 Å². The highest BCUT2D eigenvalue weighted by atomic mass is 16.2. The number of pyridine rings is 1. The number of rotatable bonds is 9. The third-order valence-electron chi connectivity index (χ3n) is 4.27. The van der Waals surface area contributed by atoms with Crippen molar-refractivity contribution in [3.8, 4) is 0 Å². The summed E-state index contributed by atoms with van der Waals surface area (Å²) in [5, 5.41) is 2.90. The summed E-state index contributed by atoms with van der Waals surface area (Å²) in [6, 6.07) is 10.8. The molecule has 2 amide bonds. The zero-order chi connectivity index (χ0) is 19.6. The van der Waals surface area contributed by atoms with Gasteiger partial charge in [-0.25, -0.2) is 0 Å². The van der Waals surface area contributed by atoms with Crippen molar-refractivity contribution in [1.29, 1.82) is 0 Å². The minimum atomic E-state index is -0.150. The van der Waals surface area contributed by atoms with Crippen molar-refractivity contribution in [1.82, 2.24) is 20.1 Å². The van der Waals surface area contributed by atoms with Gasteiger partial charge in [0.2, 0.25) is 0 Å². The van der Waals surface area contributed by atoms with Crippen LogP contribution < -0.4 is 5.32 Å². The molecule has 2 rings (SSSR count). The van der Waals surface area contributed by atoms with Crippen molar-refractivity contribution in [2.24, 2.45) is 0 Å². The third kappa shape index (κ3) is 6.83. The Kier molecular flexibility index (Phi) is 7.95. The smallest absolute Gasteiger partial charge is 0.253 e. The first-order valence-electron chi connectivity index (χ1n) is 9.14. The SMILES string of the molecule is CN(C)CCCNC(=O)c1cccc(C(=O)N(C)CCc2ccncc2)c1. The second kappa shape index (κ2) is 10.4. The fourth-order valence-corrected chi connectivity index (χ4v) is 2.66. The van der Waals surface area contributed by atoms with Crippen LogP contribution in [0.4, 0.5) is 0 Å². The fraction of sp³-hybridized carbons (Fsp3) is 0.381. The highest BCUT2D eigenvalue weighted by Gasteiger charge is 2.14. The number of aromatic nitrogens is 1. The maximum Gasteiger partial charge on any atom is 0.253 e. The molecule has 0 unspecified atom stereocenters. The standard InChI is InChI=1S/C21H28N4O2/c1-24(2)14-5-11-23-20(26)18-6-4-7-19(16-18)21(27)25(3)15-10-17-8-12-22-13-9-17/h4,6-9,12-13,16H,5,10-11,14-15H2,1-3H3,(H,23,26). The Morgan fingerprint density at radius 2 is 1.70 bits per heavy atom. The molecule has 27 heavy (non-hydrogen) atoms. The Labute approximate surface area is 161 Å². The van der Waals surface area contributed by atoms with E-state index in [0.717, 1.165) is 24.9 Å². The largest absolute Gasteiger partial charge is 0.352 e. The van der Waals surface area contributed by atoms with E-state index in [1.54, 1.807) is 48.6 Å². The molecule has 0 aliphatic rings. The summed E-state index contributed by atoms with van der Waals surface area (Å²) in [5.41, 5.74) is 2.16. The van der Waals surface area contributed by atoms with E-state index in [-0.39, 0.29) is 11.8 Å². The van der Waals surface area contributed by atoms with Gasteiger partial charge in [-0.1, -0.05) is 6.07 Å². The molecule has 1 N–H and O–H groups in total. The van der Waals surface area contributed by atoms with E-state index in [0.29, 0.717) is 24.2 Å². The van der Waals surface area contributed by atoms with Crippen LogP contribution in [-0.4, -0.2) is 67.4 Å². The number of carbonyl (C=O) groups excluding carboxylic acids is 2. The van der Waals surface area contributed by atoms with Crippen LogP contribution in [0.25, 0.3) is 0 Å². The molecule has 0 saturated carbocycles. The number of nitrogens with zero attached hydrogens (tertiary/aromatic N) is 3. The number of hydrogen-bond acceptors (Lipinski definition) is 4. The van der Waals surface area contributed by atoms with Gasteiger partial charge < -0.3 is 15.1 Å². The van der Waals surface area contributed by atoms with Crippen molar-refractivity contribution >= 4 is 11.8 Å². The lowest BCUT2D eigenvalue weighted by atomic mass is 10.1. The topological polar surface area (TPSA) is 65.5 Å². The average molecular weight is 368 g/mol. The lowest BCUT2D eigenvalue weighted by Crippen LogP contribution is -2.30. The first-order valence-corrected chi connectivity index (χ1v) is 9.14. The minimum Gasteiger partial charge on any atom is -0.352 e. The van der Waals surface area contributed by atoms with Crippen LogP contribution in [-0.2, 0) is 6.42 Å². The van der Waals surface area contributed by atoms with Crippen molar-refractivity contribution in [3.63, 3.8) is 0 Å². The molecule has 6 heteroatoms. The monoisotopic (exact) mass is 368 g/mol. The Hall–Kier alpha value is -2.73. The molecule has 0 aliphatic heterocycles. The molecule has 2 aromatic rings. The van der Waals surface area contributed by atoms with Gasteiger partial charge in [0.05, 0.1) is 0 Å². The van der Waals surface area contributed by atoms with Crippen molar-refractivity contribution in [2.75, 3.05) is 40.8 Å². The predicted molar refractivity (Wildman–Crippen MR) is 107 cm³/mol. The summed E-state index contributed by atoms with van der Waals surface area (Å²) in [6.07, 6.45) is 5.14. The fourth-order valence-electron chi connectivity index (χ4n) is 2.66. The van der Waals surface area contributed by atoms with Crippen molar-refractivity contribution < 1.29 is 9.59 Å². The molecule has 0 spiro atoms. The summed E-state index contributed by atoms with van der Waals surface area (Å²) in [5.74, 6) is -0.242. The van der Waals surface area contributed by atoms with E-state index in [9.17, 15) is 9.59 Å². The highest BCUT2D eigenvalue weighted by molar-refractivity contribution is 5.99. The second-order valence-electron chi connectivity index (χ2n) is 6.83. The molecule has 0 radical (unpaired) electrons. The second-order valence-corrected chi connectivity index (χ2v) is 6.83. The zero-order valence-corrected chi connectivity index (χ0v) is 16.3. The van der Waals surface area contributed by atoms with Crippen molar-refractivity contribution in [3.05, 3.63) is 65.5 Å². The van der Waals surface area contributed by atoms with Crippen LogP contribution in [0.3, 0.4) is 0 Å². The number of carbonyl (C=O) groups is 2. The van der Waals surface area contributed by atoms with E-state index in [1.807, 2.05) is 26.2 Å². The first-order chi connectivity index (χ1) is 13.0. The van der Waals surface area contributed by atoms with E-state index in [2.05, 4.69) is 15.2 Å². The van der Waals surface area contributed by atoms with Gasteiger partial charge in [0, 0.05) is 43.7 Å². The van der Waals surface area contributed by atoms with Crippen LogP contribution in [0.1, 0.15) is 32.7 Å². The van der Waals surface area contributed by atoms with Gasteiger partial charge in [-0.3, -0.25) is 14.6 Å². The molecular formula is C21H28N4O2. The molecule has 1 heterocycles. The minimum absolute atomic E-state index is 0.0914. The van der Waals surface area contributed by atoms with Gasteiger partial charge in [-0.2, -0.15) is 0 Å². The summed E-state index contributed by atoms with van der Waals surface area (Å²) >= 11 is 0. The summed E-state index contributed by atoms with van der Waals surface area (Å²) in [6.45, 7) is 2.13. The van der Waals surface area contributed by atoms with Gasteiger partial charge >= 0.3 is 0 Å². The molecule has 1 aromatic carbocycles. The maximum absolute atomic E-state index is 12.7. The number of likely N-dealkylation sites (N-methyl/N-ethyl adjacent to an activating group) is 1.